The van der Waals surface area contributed by atoms with Crippen LogP contribution in [0.25, 0.3) is 0 Å². The summed E-state index contributed by atoms with van der Waals surface area (Å²) in [6.07, 6.45) is 12.0. The summed E-state index contributed by atoms with van der Waals surface area (Å²) in [4.78, 5) is 17.3. The molecule has 0 atom stereocenters. The zero-order valence-corrected chi connectivity index (χ0v) is 17.4. The molecule has 2 aromatic rings. The van der Waals surface area contributed by atoms with Crippen molar-refractivity contribution < 1.29 is 9.53 Å². The summed E-state index contributed by atoms with van der Waals surface area (Å²) in [7, 11) is 0. The van der Waals surface area contributed by atoms with Gasteiger partial charge in [-0.1, -0.05) is 64.0 Å². The predicted octanol–water partition coefficient (Wildman–Crippen LogP) is 6.26. The number of aromatic nitrogens is 1. The molecule has 0 saturated heterocycles. The number of unbranched alkanes of at least 4 members (excludes halogenated alkanes) is 7. The van der Waals surface area contributed by atoms with Crippen LogP contribution in [0.3, 0.4) is 0 Å². The molecule has 1 aromatic carbocycles. The molecular formula is C24H34N2O2. The molecule has 0 aliphatic rings. The summed E-state index contributed by atoms with van der Waals surface area (Å²) in [5, 5.41) is 3.35. The van der Waals surface area contributed by atoms with Crippen molar-refractivity contribution in [1.82, 2.24) is 4.98 Å². The first-order chi connectivity index (χ1) is 13.8. The first-order valence-corrected chi connectivity index (χ1v) is 10.7. The normalized spacial score (nSPS) is 10.6. The van der Waals surface area contributed by atoms with E-state index in [-0.39, 0.29) is 5.78 Å². The second kappa shape index (κ2) is 12.9. The number of rotatable bonds is 14. The van der Waals surface area contributed by atoms with E-state index >= 15 is 0 Å². The van der Waals surface area contributed by atoms with Crippen LogP contribution in [0, 0.1) is 0 Å². The molecule has 2 rings (SSSR count). The predicted molar refractivity (Wildman–Crippen MR) is 116 cm³/mol. The van der Waals surface area contributed by atoms with Crippen molar-refractivity contribution in [3.63, 3.8) is 0 Å². The highest BCUT2D eigenvalue weighted by atomic mass is 16.5. The average molecular weight is 383 g/mol. The van der Waals surface area contributed by atoms with E-state index < -0.39 is 0 Å². The van der Waals surface area contributed by atoms with E-state index in [1.807, 2.05) is 31.2 Å². The molecule has 0 aliphatic carbocycles. The summed E-state index contributed by atoms with van der Waals surface area (Å²) in [6, 6.07) is 11.0. The van der Waals surface area contributed by atoms with Gasteiger partial charge in [-0.2, -0.15) is 0 Å². The van der Waals surface area contributed by atoms with Gasteiger partial charge in [0.25, 0.3) is 0 Å². The fourth-order valence-electron chi connectivity index (χ4n) is 3.24. The lowest BCUT2D eigenvalue weighted by molar-refractivity contribution is 0.103. The van der Waals surface area contributed by atoms with Crippen molar-refractivity contribution in [3.05, 3.63) is 53.7 Å². The van der Waals surface area contributed by atoms with Gasteiger partial charge in [-0.3, -0.25) is 4.79 Å². The Morgan fingerprint density at radius 2 is 1.71 bits per heavy atom. The maximum atomic E-state index is 12.9. The lowest BCUT2D eigenvalue weighted by Crippen LogP contribution is -2.11. The molecule has 0 fully saturated rings. The van der Waals surface area contributed by atoms with Crippen LogP contribution in [-0.4, -0.2) is 23.9 Å². The third-order valence-corrected chi connectivity index (χ3v) is 4.78. The van der Waals surface area contributed by atoms with Gasteiger partial charge in [0, 0.05) is 18.3 Å². The largest absolute Gasteiger partial charge is 0.494 e. The van der Waals surface area contributed by atoms with E-state index in [4.69, 9.17) is 4.74 Å². The first kappa shape index (κ1) is 21.9. The van der Waals surface area contributed by atoms with E-state index in [0.29, 0.717) is 29.3 Å². The van der Waals surface area contributed by atoms with Gasteiger partial charge in [-0.25, -0.2) is 4.98 Å². The number of hydrogen-bond acceptors (Lipinski definition) is 4. The fourth-order valence-corrected chi connectivity index (χ4v) is 3.24. The third kappa shape index (κ3) is 7.34. The second-order valence-electron chi connectivity index (χ2n) is 7.09. The highest BCUT2D eigenvalue weighted by molar-refractivity contribution is 6.12. The van der Waals surface area contributed by atoms with Crippen molar-refractivity contribution in [1.29, 1.82) is 0 Å². The van der Waals surface area contributed by atoms with Crippen molar-refractivity contribution in [3.8, 4) is 5.75 Å². The van der Waals surface area contributed by atoms with Crippen LogP contribution in [0.4, 0.5) is 5.82 Å². The first-order valence-electron chi connectivity index (χ1n) is 10.7. The van der Waals surface area contributed by atoms with Crippen molar-refractivity contribution in [2.24, 2.45) is 0 Å². The van der Waals surface area contributed by atoms with Crippen LogP contribution in [0.2, 0.25) is 0 Å². The molecule has 1 heterocycles. The quantitative estimate of drug-likeness (QED) is 0.309. The highest BCUT2D eigenvalue weighted by Gasteiger charge is 2.15. The SMILES string of the molecule is CCCCCCCCCCNc1ncccc1C(=O)c1cccc(OCC)c1. The Balaban J connectivity index is 1.85. The molecular weight excluding hydrogens is 348 g/mol. The molecule has 0 spiro atoms. The Kier molecular flexibility index (Phi) is 10.1. The molecule has 1 aromatic heterocycles. The molecule has 28 heavy (non-hydrogen) atoms. The van der Waals surface area contributed by atoms with Gasteiger partial charge in [-0.05, 0) is 37.6 Å². The van der Waals surface area contributed by atoms with Crippen LogP contribution in [0.15, 0.2) is 42.6 Å². The van der Waals surface area contributed by atoms with Gasteiger partial charge in [0.15, 0.2) is 5.78 Å². The number of carbonyl (C=O) groups excluding carboxylic acids is 1. The Morgan fingerprint density at radius 1 is 0.964 bits per heavy atom. The number of nitrogens with one attached hydrogen (secondary N) is 1. The minimum atomic E-state index is -0.0342. The molecule has 4 nitrogen and oxygen atoms in total. The molecule has 0 saturated carbocycles. The number of pyridine rings is 1. The lowest BCUT2D eigenvalue weighted by Gasteiger charge is -2.11. The number of anilines is 1. The van der Waals surface area contributed by atoms with Crippen molar-refractivity contribution in [2.75, 3.05) is 18.5 Å². The van der Waals surface area contributed by atoms with Crippen LogP contribution >= 0.6 is 0 Å². The van der Waals surface area contributed by atoms with E-state index in [9.17, 15) is 4.79 Å². The number of benzene rings is 1. The Morgan fingerprint density at radius 3 is 2.46 bits per heavy atom. The third-order valence-electron chi connectivity index (χ3n) is 4.78. The number of ether oxygens (including phenoxy) is 1. The molecule has 1 N–H and O–H groups in total. The van der Waals surface area contributed by atoms with Gasteiger partial charge < -0.3 is 10.1 Å². The summed E-state index contributed by atoms with van der Waals surface area (Å²) >= 11 is 0. The van der Waals surface area contributed by atoms with Crippen LogP contribution < -0.4 is 10.1 Å². The van der Waals surface area contributed by atoms with Crippen molar-refractivity contribution in [2.45, 2.75) is 65.2 Å². The van der Waals surface area contributed by atoms with Gasteiger partial charge in [-0.15, -0.1) is 0 Å². The minimum Gasteiger partial charge on any atom is -0.494 e. The van der Waals surface area contributed by atoms with E-state index in [1.54, 1.807) is 18.3 Å². The van der Waals surface area contributed by atoms with Crippen LogP contribution in [0.5, 0.6) is 5.75 Å². The maximum absolute atomic E-state index is 12.9. The standard InChI is InChI=1S/C24H34N2O2/c1-3-5-6-7-8-9-10-11-17-25-24-22(16-13-18-26-24)23(27)20-14-12-15-21(19-20)28-4-2/h12-16,18-19H,3-11,17H2,1-2H3,(H,25,26). The van der Waals surface area contributed by atoms with Gasteiger partial charge in [0.1, 0.15) is 11.6 Å². The Hall–Kier alpha value is -2.36. The van der Waals surface area contributed by atoms with Gasteiger partial charge >= 0.3 is 0 Å². The van der Waals surface area contributed by atoms with Crippen LogP contribution in [0.1, 0.15) is 81.1 Å². The van der Waals surface area contributed by atoms with Crippen LogP contribution in [-0.2, 0) is 0 Å². The Bertz CT molecular complexity index is 715. The summed E-state index contributed by atoms with van der Waals surface area (Å²) < 4.78 is 5.51. The monoisotopic (exact) mass is 382 g/mol. The summed E-state index contributed by atoms with van der Waals surface area (Å²) in [6.45, 7) is 5.60. The van der Waals surface area contributed by atoms with E-state index in [0.717, 1.165) is 13.0 Å². The minimum absolute atomic E-state index is 0.0342. The molecule has 0 bridgehead atoms. The number of carbonyl (C=O) groups is 1. The highest BCUT2D eigenvalue weighted by Crippen LogP contribution is 2.20. The summed E-state index contributed by atoms with van der Waals surface area (Å²) in [5.41, 5.74) is 1.23. The van der Waals surface area contributed by atoms with Gasteiger partial charge in [0.2, 0.25) is 0 Å². The number of nitrogens with zero attached hydrogens (tertiary/aromatic N) is 1. The fraction of sp³-hybridized carbons (Fsp3) is 0.500. The lowest BCUT2D eigenvalue weighted by atomic mass is 10.0. The van der Waals surface area contributed by atoms with E-state index in [2.05, 4.69) is 17.2 Å². The zero-order chi connectivity index (χ0) is 20.0. The second-order valence-corrected chi connectivity index (χ2v) is 7.09. The zero-order valence-electron chi connectivity index (χ0n) is 17.4. The smallest absolute Gasteiger partial charge is 0.196 e. The molecule has 0 aliphatic heterocycles. The molecule has 4 heteroatoms. The number of hydrogen-bond donors (Lipinski definition) is 1. The molecule has 0 amide bonds. The van der Waals surface area contributed by atoms with E-state index in [1.165, 1.54) is 44.9 Å². The Labute approximate surface area is 169 Å². The topological polar surface area (TPSA) is 51.2 Å². The average Bonchev–Trinajstić information content (AvgIpc) is 2.73. The molecule has 152 valence electrons. The summed E-state index contributed by atoms with van der Waals surface area (Å²) in [5.74, 6) is 1.34. The van der Waals surface area contributed by atoms with Crippen molar-refractivity contribution >= 4 is 11.6 Å². The maximum Gasteiger partial charge on any atom is 0.196 e. The van der Waals surface area contributed by atoms with Gasteiger partial charge in [0.05, 0.1) is 12.2 Å². The molecule has 0 unspecified atom stereocenters. The molecule has 0 radical (unpaired) electrons. The number of ketones is 1.